The van der Waals surface area contributed by atoms with Crippen molar-refractivity contribution in [3.63, 3.8) is 0 Å². The molecule has 0 aliphatic carbocycles. The molecule has 0 amide bonds. The zero-order valence-corrected chi connectivity index (χ0v) is 13.9. The number of methoxy groups -OCH3 is 1. The summed E-state index contributed by atoms with van der Waals surface area (Å²) in [6.45, 7) is 0.867. The topological polar surface area (TPSA) is 29.5 Å². The maximum absolute atomic E-state index is 12.4. The summed E-state index contributed by atoms with van der Waals surface area (Å²) in [6.07, 6.45) is 2.12. The monoisotopic (exact) mass is 335 g/mol. The normalized spacial score (nSPS) is 20.0. The van der Waals surface area contributed by atoms with Crippen molar-refractivity contribution in [1.29, 1.82) is 0 Å². The van der Waals surface area contributed by atoms with Crippen LogP contribution in [0.4, 0.5) is 0 Å². The maximum Gasteiger partial charge on any atom is 0.327 e. The number of hydrogen-bond donors (Lipinski definition) is 0. The number of nitrogens with zero attached hydrogens (tertiary/aromatic N) is 1. The lowest BCUT2D eigenvalue weighted by Gasteiger charge is -2.31. The lowest BCUT2D eigenvalue weighted by molar-refractivity contribution is -0.147. The first-order valence-electron chi connectivity index (χ1n) is 7.32. The van der Waals surface area contributed by atoms with Crippen LogP contribution in [0.25, 0.3) is 0 Å². The van der Waals surface area contributed by atoms with Gasteiger partial charge in [0.25, 0.3) is 0 Å². The highest BCUT2D eigenvalue weighted by atomic mass is 35.5. The fraction of sp³-hybridized carbons (Fsp3) is 0.353. The van der Waals surface area contributed by atoms with E-state index in [1.807, 2.05) is 24.3 Å². The second-order valence-corrected chi connectivity index (χ2v) is 6.59. The Labute approximate surface area is 139 Å². The lowest BCUT2D eigenvalue weighted by atomic mass is 10.0. The van der Waals surface area contributed by atoms with Gasteiger partial charge in [0, 0.05) is 11.1 Å². The van der Waals surface area contributed by atoms with Gasteiger partial charge in [0.1, 0.15) is 6.04 Å². The van der Waals surface area contributed by atoms with E-state index in [1.54, 1.807) is 11.3 Å². The van der Waals surface area contributed by atoms with E-state index in [9.17, 15) is 4.79 Å². The molecule has 0 saturated carbocycles. The SMILES string of the molecule is COC(=O)[C@@H](c1ccccc1Cl)N1CCC[C@H]1c1ccsc1. The van der Waals surface area contributed by atoms with Gasteiger partial charge in [0.2, 0.25) is 0 Å². The number of rotatable bonds is 4. The Morgan fingerprint density at radius 2 is 2.23 bits per heavy atom. The van der Waals surface area contributed by atoms with E-state index < -0.39 is 6.04 Å². The minimum Gasteiger partial charge on any atom is -0.468 e. The Kier molecular flexibility index (Phi) is 4.81. The lowest BCUT2D eigenvalue weighted by Crippen LogP contribution is -2.34. The van der Waals surface area contributed by atoms with Gasteiger partial charge >= 0.3 is 5.97 Å². The molecule has 3 rings (SSSR count). The molecular weight excluding hydrogens is 318 g/mol. The van der Waals surface area contributed by atoms with Crippen molar-refractivity contribution < 1.29 is 9.53 Å². The predicted molar refractivity (Wildman–Crippen MR) is 89.2 cm³/mol. The molecule has 1 fully saturated rings. The minimum atomic E-state index is -0.453. The summed E-state index contributed by atoms with van der Waals surface area (Å²) in [6, 6.07) is 9.44. The van der Waals surface area contributed by atoms with Crippen LogP contribution in [-0.4, -0.2) is 24.5 Å². The molecular formula is C17H18ClNO2S. The molecule has 0 spiro atoms. The van der Waals surface area contributed by atoms with Crippen LogP contribution in [0.2, 0.25) is 5.02 Å². The van der Waals surface area contributed by atoms with Crippen LogP contribution in [-0.2, 0) is 9.53 Å². The smallest absolute Gasteiger partial charge is 0.327 e. The Morgan fingerprint density at radius 3 is 2.91 bits per heavy atom. The van der Waals surface area contributed by atoms with E-state index in [-0.39, 0.29) is 12.0 Å². The molecule has 1 aromatic carbocycles. The molecule has 0 unspecified atom stereocenters. The summed E-state index contributed by atoms with van der Waals surface area (Å²) in [4.78, 5) is 14.7. The van der Waals surface area contributed by atoms with Gasteiger partial charge in [0.05, 0.1) is 7.11 Å². The average molecular weight is 336 g/mol. The fourth-order valence-electron chi connectivity index (χ4n) is 3.17. The second kappa shape index (κ2) is 6.82. The van der Waals surface area contributed by atoms with E-state index in [2.05, 4.69) is 21.7 Å². The summed E-state index contributed by atoms with van der Waals surface area (Å²) < 4.78 is 5.06. The number of thiophene rings is 1. The number of carbonyl (C=O) groups is 1. The Hall–Kier alpha value is -1.36. The predicted octanol–water partition coefficient (Wildman–Crippen LogP) is 4.45. The summed E-state index contributed by atoms with van der Waals surface area (Å²) >= 11 is 8.02. The number of benzene rings is 1. The van der Waals surface area contributed by atoms with Gasteiger partial charge in [-0.15, -0.1) is 0 Å². The van der Waals surface area contributed by atoms with Crippen molar-refractivity contribution in [2.75, 3.05) is 13.7 Å². The molecule has 2 heterocycles. The number of esters is 1. The standard InChI is InChI=1S/C17H18ClNO2S/c1-21-17(20)16(13-5-2-3-6-14(13)18)19-9-4-7-15(19)12-8-10-22-11-12/h2-3,5-6,8,10-11,15-16H,4,7,9H2,1H3/t15-,16+/m0/s1. The molecule has 1 aliphatic rings. The van der Waals surface area contributed by atoms with Crippen LogP contribution in [0, 0.1) is 0 Å². The van der Waals surface area contributed by atoms with Gasteiger partial charge in [-0.2, -0.15) is 11.3 Å². The van der Waals surface area contributed by atoms with Gasteiger partial charge in [-0.05, 0) is 53.4 Å². The minimum absolute atomic E-state index is 0.242. The molecule has 0 bridgehead atoms. The quantitative estimate of drug-likeness (QED) is 0.773. The van der Waals surface area contributed by atoms with Gasteiger partial charge in [-0.3, -0.25) is 4.90 Å². The van der Waals surface area contributed by atoms with Gasteiger partial charge in [0.15, 0.2) is 0 Å². The first kappa shape index (κ1) is 15.5. The largest absolute Gasteiger partial charge is 0.468 e. The molecule has 116 valence electrons. The fourth-order valence-corrected chi connectivity index (χ4v) is 4.12. The van der Waals surface area contributed by atoms with Crippen molar-refractivity contribution in [3.8, 4) is 0 Å². The van der Waals surface area contributed by atoms with Gasteiger partial charge in [-0.1, -0.05) is 29.8 Å². The maximum atomic E-state index is 12.4. The van der Waals surface area contributed by atoms with Crippen LogP contribution in [0.15, 0.2) is 41.1 Å². The molecule has 1 aromatic heterocycles. The van der Waals surface area contributed by atoms with Gasteiger partial charge < -0.3 is 4.74 Å². The van der Waals surface area contributed by atoms with Crippen LogP contribution in [0.1, 0.15) is 36.1 Å². The van der Waals surface area contributed by atoms with Crippen molar-refractivity contribution >= 4 is 28.9 Å². The molecule has 22 heavy (non-hydrogen) atoms. The Bertz CT molecular complexity index is 644. The number of halogens is 1. The molecule has 1 aliphatic heterocycles. The van der Waals surface area contributed by atoms with Gasteiger partial charge in [-0.25, -0.2) is 4.79 Å². The summed E-state index contributed by atoms with van der Waals surface area (Å²) in [5.74, 6) is -0.254. The van der Waals surface area contributed by atoms with E-state index in [0.29, 0.717) is 5.02 Å². The van der Waals surface area contributed by atoms with Crippen molar-refractivity contribution in [2.24, 2.45) is 0 Å². The Balaban J connectivity index is 1.99. The van der Waals surface area contributed by atoms with E-state index in [1.165, 1.54) is 12.7 Å². The molecule has 1 saturated heterocycles. The van der Waals surface area contributed by atoms with E-state index >= 15 is 0 Å². The molecule has 5 heteroatoms. The number of ether oxygens (including phenoxy) is 1. The highest BCUT2D eigenvalue weighted by Gasteiger charge is 2.38. The Morgan fingerprint density at radius 1 is 1.41 bits per heavy atom. The highest BCUT2D eigenvalue weighted by molar-refractivity contribution is 7.07. The number of likely N-dealkylation sites (tertiary alicyclic amines) is 1. The third-order valence-electron chi connectivity index (χ3n) is 4.18. The zero-order chi connectivity index (χ0) is 15.5. The molecule has 0 radical (unpaired) electrons. The van der Waals surface area contributed by atoms with Crippen LogP contribution in [0.5, 0.6) is 0 Å². The third kappa shape index (κ3) is 2.91. The van der Waals surface area contributed by atoms with Crippen molar-refractivity contribution in [2.45, 2.75) is 24.9 Å². The van der Waals surface area contributed by atoms with E-state index in [4.69, 9.17) is 16.3 Å². The molecule has 3 nitrogen and oxygen atoms in total. The first-order chi connectivity index (χ1) is 10.7. The number of hydrogen-bond acceptors (Lipinski definition) is 4. The third-order valence-corrected chi connectivity index (χ3v) is 5.22. The highest BCUT2D eigenvalue weighted by Crippen LogP contribution is 2.41. The molecule has 0 N–H and O–H groups in total. The van der Waals surface area contributed by atoms with Crippen LogP contribution in [0.3, 0.4) is 0 Å². The summed E-state index contributed by atoms with van der Waals surface area (Å²) in [7, 11) is 1.43. The van der Waals surface area contributed by atoms with Crippen molar-refractivity contribution in [3.05, 3.63) is 57.2 Å². The number of carbonyl (C=O) groups excluding carboxylic acids is 1. The first-order valence-corrected chi connectivity index (χ1v) is 8.64. The second-order valence-electron chi connectivity index (χ2n) is 5.40. The average Bonchev–Trinajstić information content (AvgIpc) is 3.19. The summed E-state index contributed by atoms with van der Waals surface area (Å²) in [5.41, 5.74) is 2.08. The van der Waals surface area contributed by atoms with Crippen molar-refractivity contribution in [1.82, 2.24) is 4.90 Å². The van der Waals surface area contributed by atoms with Crippen LogP contribution >= 0.6 is 22.9 Å². The van der Waals surface area contributed by atoms with E-state index in [0.717, 1.165) is 24.9 Å². The van der Waals surface area contributed by atoms with Crippen LogP contribution < -0.4 is 0 Å². The molecule has 2 aromatic rings. The summed E-state index contributed by atoms with van der Waals surface area (Å²) in [5, 5.41) is 4.84. The molecule has 2 atom stereocenters. The zero-order valence-electron chi connectivity index (χ0n) is 12.4.